The lowest BCUT2D eigenvalue weighted by Gasteiger charge is -2.37. The summed E-state index contributed by atoms with van der Waals surface area (Å²) in [6, 6.07) is 8.28. The molecule has 2 aliphatic heterocycles. The van der Waals surface area contributed by atoms with Gasteiger partial charge in [0.25, 0.3) is 0 Å². The second kappa shape index (κ2) is 8.62. The lowest BCUT2D eigenvalue weighted by molar-refractivity contribution is -0.133. The normalized spacial score (nSPS) is 19.9. The van der Waals surface area contributed by atoms with Crippen LogP contribution < -0.4 is 10.2 Å². The molecule has 7 heteroatoms. The summed E-state index contributed by atoms with van der Waals surface area (Å²) in [5.41, 5.74) is 2.23. The number of hydrogen-bond donors (Lipinski definition) is 1. The molecule has 2 aliphatic rings. The molecule has 0 unspecified atom stereocenters. The summed E-state index contributed by atoms with van der Waals surface area (Å²) in [7, 11) is 3.32. The van der Waals surface area contributed by atoms with Crippen molar-refractivity contribution in [2.24, 2.45) is 0 Å². The molecule has 1 N–H and O–H groups in total. The van der Waals surface area contributed by atoms with Gasteiger partial charge in [0, 0.05) is 71.4 Å². The SMILES string of the molecule is COC(CN1CCN(c2ccc(C3CC(=O)NC(=O)C3)cc2)CC1)OC. The molecule has 2 fully saturated rings. The summed E-state index contributed by atoms with van der Waals surface area (Å²) in [4.78, 5) is 27.8. The van der Waals surface area contributed by atoms with Gasteiger partial charge >= 0.3 is 0 Å². The van der Waals surface area contributed by atoms with Crippen LogP contribution in [0.25, 0.3) is 0 Å². The molecule has 1 aromatic rings. The predicted molar refractivity (Wildman–Crippen MR) is 98.0 cm³/mol. The van der Waals surface area contributed by atoms with Gasteiger partial charge in [0.05, 0.1) is 0 Å². The number of methoxy groups -OCH3 is 2. The van der Waals surface area contributed by atoms with E-state index in [1.54, 1.807) is 14.2 Å². The molecule has 26 heavy (non-hydrogen) atoms. The fourth-order valence-corrected chi connectivity index (χ4v) is 3.62. The van der Waals surface area contributed by atoms with Gasteiger partial charge in [0.1, 0.15) is 0 Å². The second-order valence-electron chi connectivity index (χ2n) is 6.86. The number of benzene rings is 1. The number of piperidine rings is 1. The highest BCUT2D eigenvalue weighted by atomic mass is 16.7. The Morgan fingerprint density at radius 1 is 1.00 bits per heavy atom. The summed E-state index contributed by atoms with van der Waals surface area (Å²) >= 11 is 0. The highest BCUT2D eigenvalue weighted by Crippen LogP contribution is 2.28. The number of rotatable bonds is 6. The minimum Gasteiger partial charge on any atom is -0.369 e. The van der Waals surface area contributed by atoms with Crippen molar-refractivity contribution in [3.8, 4) is 0 Å². The smallest absolute Gasteiger partial charge is 0.227 e. The lowest BCUT2D eigenvalue weighted by atomic mass is 9.89. The third kappa shape index (κ3) is 4.60. The number of carbonyl (C=O) groups excluding carboxylic acids is 2. The van der Waals surface area contributed by atoms with Crippen molar-refractivity contribution in [2.75, 3.05) is 51.8 Å². The van der Waals surface area contributed by atoms with E-state index in [1.807, 2.05) is 12.1 Å². The van der Waals surface area contributed by atoms with Gasteiger partial charge in [-0.05, 0) is 17.7 Å². The van der Waals surface area contributed by atoms with Gasteiger partial charge in [-0.3, -0.25) is 19.8 Å². The molecule has 2 saturated heterocycles. The summed E-state index contributed by atoms with van der Waals surface area (Å²) in [5.74, 6) is -0.379. The van der Waals surface area contributed by atoms with E-state index >= 15 is 0 Å². The fourth-order valence-electron chi connectivity index (χ4n) is 3.62. The molecule has 0 spiro atoms. The van der Waals surface area contributed by atoms with E-state index in [4.69, 9.17) is 9.47 Å². The van der Waals surface area contributed by atoms with Crippen molar-refractivity contribution in [3.63, 3.8) is 0 Å². The maximum Gasteiger partial charge on any atom is 0.227 e. The third-order valence-corrected chi connectivity index (χ3v) is 5.18. The van der Waals surface area contributed by atoms with Gasteiger partial charge in [0.2, 0.25) is 11.8 Å². The predicted octanol–water partition coefficient (Wildman–Crippen LogP) is 0.948. The molecule has 2 amide bonds. The minimum atomic E-state index is -0.184. The van der Waals surface area contributed by atoms with Gasteiger partial charge in [0.15, 0.2) is 6.29 Å². The van der Waals surface area contributed by atoms with E-state index in [0.717, 1.165) is 38.3 Å². The fraction of sp³-hybridized carbons (Fsp3) is 0.579. The molecular formula is C19H27N3O4. The second-order valence-corrected chi connectivity index (χ2v) is 6.86. The molecule has 1 aromatic carbocycles. The highest BCUT2D eigenvalue weighted by Gasteiger charge is 2.26. The Labute approximate surface area is 154 Å². The van der Waals surface area contributed by atoms with Gasteiger partial charge < -0.3 is 14.4 Å². The Kier molecular flexibility index (Phi) is 6.24. The zero-order chi connectivity index (χ0) is 18.5. The maximum absolute atomic E-state index is 11.6. The first-order valence-corrected chi connectivity index (χ1v) is 9.04. The highest BCUT2D eigenvalue weighted by molar-refractivity contribution is 5.98. The Balaban J connectivity index is 1.55. The molecule has 0 atom stereocenters. The first-order valence-electron chi connectivity index (χ1n) is 9.04. The van der Waals surface area contributed by atoms with Crippen LogP contribution >= 0.6 is 0 Å². The zero-order valence-electron chi connectivity index (χ0n) is 15.4. The Morgan fingerprint density at radius 3 is 2.12 bits per heavy atom. The van der Waals surface area contributed by atoms with Crippen LogP contribution in [0.4, 0.5) is 5.69 Å². The Morgan fingerprint density at radius 2 is 1.58 bits per heavy atom. The number of ether oxygens (including phenoxy) is 2. The molecule has 0 saturated carbocycles. The summed E-state index contributed by atoms with van der Waals surface area (Å²) in [6.45, 7) is 4.59. The van der Waals surface area contributed by atoms with Crippen LogP contribution in [-0.2, 0) is 19.1 Å². The first-order chi connectivity index (χ1) is 12.6. The third-order valence-electron chi connectivity index (χ3n) is 5.18. The van der Waals surface area contributed by atoms with Crippen LogP contribution in [0.15, 0.2) is 24.3 Å². The molecule has 0 aliphatic carbocycles. The molecule has 2 heterocycles. The van der Waals surface area contributed by atoms with Gasteiger partial charge in [-0.1, -0.05) is 12.1 Å². The van der Waals surface area contributed by atoms with Crippen LogP contribution in [0.2, 0.25) is 0 Å². The Bertz CT molecular complexity index is 606. The van der Waals surface area contributed by atoms with E-state index in [1.165, 1.54) is 5.69 Å². The number of nitrogens with one attached hydrogen (secondary N) is 1. The number of anilines is 1. The molecule has 0 radical (unpaired) electrons. The molecule has 0 aromatic heterocycles. The van der Waals surface area contributed by atoms with E-state index in [0.29, 0.717) is 12.8 Å². The molecule has 3 rings (SSSR count). The summed E-state index contributed by atoms with van der Waals surface area (Å²) < 4.78 is 10.5. The number of piperazine rings is 1. The van der Waals surface area contributed by atoms with Crippen molar-refractivity contribution >= 4 is 17.5 Å². The van der Waals surface area contributed by atoms with Crippen molar-refractivity contribution < 1.29 is 19.1 Å². The molecule has 142 valence electrons. The number of hydrogen-bond acceptors (Lipinski definition) is 6. The minimum absolute atomic E-state index is 0.0119. The van der Waals surface area contributed by atoms with Crippen LogP contribution in [0.3, 0.4) is 0 Å². The van der Waals surface area contributed by atoms with Crippen LogP contribution in [-0.4, -0.2) is 69.9 Å². The molecule has 0 bridgehead atoms. The van der Waals surface area contributed by atoms with Gasteiger partial charge in [-0.25, -0.2) is 0 Å². The van der Waals surface area contributed by atoms with E-state index in [2.05, 4.69) is 27.2 Å². The maximum atomic E-state index is 11.6. The van der Waals surface area contributed by atoms with Crippen molar-refractivity contribution in [3.05, 3.63) is 29.8 Å². The number of amides is 2. The van der Waals surface area contributed by atoms with E-state index < -0.39 is 0 Å². The number of imide groups is 1. The average molecular weight is 361 g/mol. The average Bonchev–Trinajstić information content (AvgIpc) is 2.66. The van der Waals surface area contributed by atoms with E-state index in [9.17, 15) is 9.59 Å². The quantitative estimate of drug-likeness (QED) is 0.601. The van der Waals surface area contributed by atoms with E-state index in [-0.39, 0.29) is 24.0 Å². The topological polar surface area (TPSA) is 71.1 Å². The van der Waals surface area contributed by atoms with Crippen LogP contribution in [0.5, 0.6) is 0 Å². The summed E-state index contributed by atoms with van der Waals surface area (Å²) in [6.07, 6.45) is 0.574. The van der Waals surface area contributed by atoms with Gasteiger partial charge in [-0.15, -0.1) is 0 Å². The first kappa shape index (κ1) is 18.8. The number of carbonyl (C=O) groups is 2. The largest absolute Gasteiger partial charge is 0.369 e. The van der Waals surface area contributed by atoms with Crippen LogP contribution in [0.1, 0.15) is 24.3 Å². The monoisotopic (exact) mass is 361 g/mol. The lowest BCUT2D eigenvalue weighted by Crippen LogP contribution is -2.49. The van der Waals surface area contributed by atoms with Gasteiger partial charge in [-0.2, -0.15) is 0 Å². The Hall–Kier alpha value is -1.96. The van der Waals surface area contributed by atoms with Crippen LogP contribution in [0, 0.1) is 0 Å². The zero-order valence-corrected chi connectivity index (χ0v) is 15.4. The van der Waals surface area contributed by atoms with Crippen molar-refractivity contribution in [1.29, 1.82) is 0 Å². The molecular weight excluding hydrogens is 334 g/mol. The molecule has 7 nitrogen and oxygen atoms in total. The van der Waals surface area contributed by atoms with Crippen molar-refractivity contribution in [1.82, 2.24) is 10.2 Å². The van der Waals surface area contributed by atoms with Crippen molar-refractivity contribution in [2.45, 2.75) is 25.0 Å². The number of nitrogens with zero attached hydrogens (tertiary/aromatic N) is 2. The summed E-state index contributed by atoms with van der Waals surface area (Å²) in [5, 5.41) is 2.36. The standard InChI is InChI=1S/C19H27N3O4/c1-25-19(26-2)13-21-7-9-22(10-8-21)16-5-3-14(4-6-16)15-11-17(23)20-18(24)12-15/h3-6,15,19H,7-13H2,1-2H3,(H,20,23,24).